The Bertz CT molecular complexity index is 261. The standard InChI is InChI=1S/C16H33N3/c1-14-7-6-9-16(11-14,19(2)3)13-17-12-15-8-4-5-10-18-15/h14-15,17-18H,4-13H2,1-3H3. The second-order valence-corrected chi connectivity index (χ2v) is 7.10. The molecule has 112 valence electrons. The van der Waals surface area contributed by atoms with Crippen molar-refractivity contribution in [1.82, 2.24) is 15.5 Å². The van der Waals surface area contributed by atoms with E-state index in [0.29, 0.717) is 11.6 Å². The molecule has 3 unspecified atom stereocenters. The van der Waals surface area contributed by atoms with Gasteiger partial charge in [-0.1, -0.05) is 26.2 Å². The van der Waals surface area contributed by atoms with Gasteiger partial charge in [-0.3, -0.25) is 0 Å². The molecule has 2 rings (SSSR count). The smallest absolute Gasteiger partial charge is 0.0330 e. The molecule has 0 aromatic carbocycles. The summed E-state index contributed by atoms with van der Waals surface area (Å²) in [4.78, 5) is 2.48. The molecule has 1 heterocycles. The van der Waals surface area contributed by atoms with Crippen LogP contribution in [0.5, 0.6) is 0 Å². The molecule has 3 atom stereocenters. The highest BCUT2D eigenvalue weighted by Crippen LogP contribution is 2.35. The normalized spacial score (nSPS) is 36.6. The lowest BCUT2D eigenvalue weighted by atomic mass is 9.75. The van der Waals surface area contributed by atoms with E-state index in [1.807, 2.05) is 0 Å². The van der Waals surface area contributed by atoms with Gasteiger partial charge >= 0.3 is 0 Å². The van der Waals surface area contributed by atoms with Gasteiger partial charge in [0, 0.05) is 24.7 Å². The SMILES string of the molecule is CC1CCCC(CNCC2CCCCN2)(N(C)C)C1. The third-order valence-corrected chi connectivity index (χ3v) is 5.27. The topological polar surface area (TPSA) is 27.3 Å². The lowest BCUT2D eigenvalue weighted by Crippen LogP contribution is -2.55. The molecule has 3 heteroatoms. The molecule has 3 nitrogen and oxygen atoms in total. The Balaban J connectivity index is 1.79. The molecule has 2 N–H and O–H groups in total. The zero-order valence-electron chi connectivity index (χ0n) is 13.2. The van der Waals surface area contributed by atoms with E-state index in [9.17, 15) is 0 Å². The molecule has 19 heavy (non-hydrogen) atoms. The van der Waals surface area contributed by atoms with Crippen LogP contribution in [-0.2, 0) is 0 Å². The summed E-state index contributed by atoms with van der Waals surface area (Å²) in [5, 5.41) is 7.39. The van der Waals surface area contributed by atoms with Crippen molar-refractivity contribution in [2.75, 3.05) is 33.7 Å². The molecule has 1 aliphatic carbocycles. The van der Waals surface area contributed by atoms with Crippen LogP contribution in [0, 0.1) is 5.92 Å². The number of piperidine rings is 1. The monoisotopic (exact) mass is 267 g/mol. The predicted molar refractivity (Wildman–Crippen MR) is 82.6 cm³/mol. The van der Waals surface area contributed by atoms with Crippen molar-refractivity contribution in [3.05, 3.63) is 0 Å². The second kappa shape index (κ2) is 7.05. The van der Waals surface area contributed by atoms with Crippen LogP contribution in [0.15, 0.2) is 0 Å². The van der Waals surface area contributed by atoms with E-state index in [-0.39, 0.29) is 0 Å². The average molecular weight is 267 g/mol. The Morgan fingerprint density at radius 1 is 1.21 bits per heavy atom. The molecule has 0 bridgehead atoms. The van der Waals surface area contributed by atoms with Crippen molar-refractivity contribution >= 4 is 0 Å². The van der Waals surface area contributed by atoms with E-state index in [1.54, 1.807) is 0 Å². The summed E-state index contributed by atoms with van der Waals surface area (Å²) in [6.45, 7) is 5.93. The van der Waals surface area contributed by atoms with E-state index in [0.717, 1.165) is 19.0 Å². The van der Waals surface area contributed by atoms with Gasteiger partial charge in [-0.2, -0.15) is 0 Å². The Labute approximate surface area is 119 Å². The fraction of sp³-hybridized carbons (Fsp3) is 1.00. The summed E-state index contributed by atoms with van der Waals surface area (Å²) in [5.41, 5.74) is 0.395. The maximum Gasteiger partial charge on any atom is 0.0330 e. The highest BCUT2D eigenvalue weighted by molar-refractivity contribution is 4.95. The minimum absolute atomic E-state index is 0.395. The van der Waals surface area contributed by atoms with Gasteiger partial charge < -0.3 is 15.5 Å². The van der Waals surface area contributed by atoms with Crippen LogP contribution >= 0.6 is 0 Å². The van der Waals surface area contributed by atoms with Crippen molar-refractivity contribution in [1.29, 1.82) is 0 Å². The average Bonchev–Trinajstić information content (AvgIpc) is 2.40. The number of nitrogens with one attached hydrogen (secondary N) is 2. The first kappa shape index (κ1) is 15.3. The molecular weight excluding hydrogens is 234 g/mol. The minimum Gasteiger partial charge on any atom is -0.313 e. The molecule has 1 saturated heterocycles. The van der Waals surface area contributed by atoms with Crippen molar-refractivity contribution in [2.45, 2.75) is 63.5 Å². The van der Waals surface area contributed by atoms with E-state index in [4.69, 9.17) is 0 Å². The van der Waals surface area contributed by atoms with Gasteiger partial charge in [0.1, 0.15) is 0 Å². The molecule has 2 fully saturated rings. The van der Waals surface area contributed by atoms with Crippen molar-refractivity contribution < 1.29 is 0 Å². The highest BCUT2D eigenvalue weighted by Gasteiger charge is 2.36. The van der Waals surface area contributed by atoms with Crippen LogP contribution in [0.1, 0.15) is 51.9 Å². The fourth-order valence-corrected chi connectivity index (χ4v) is 3.93. The van der Waals surface area contributed by atoms with Crippen molar-refractivity contribution in [3.8, 4) is 0 Å². The molecule has 0 amide bonds. The van der Waals surface area contributed by atoms with Gasteiger partial charge in [0.15, 0.2) is 0 Å². The zero-order valence-corrected chi connectivity index (χ0v) is 13.2. The van der Waals surface area contributed by atoms with Crippen LogP contribution in [-0.4, -0.2) is 50.2 Å². The van der Waals surface area contributed by atoms with Gasteiger partial charge in [-0.25, -0.2) is 0 Å². The third kappa shape index (κ3) is 4.17. The summed E-state index contributed by atoms with van der Waals surface area (Å²) < 4.78 is 0. The Morgan fingerprint density at radius 3 is 2.68 bits per heavy atom. The van der Waals surface area contributed by atoms with Gasteiger partial charge in [0.2, 0.25) is 0 Å². The Kier molecular flexibility index (Phi) is 5.67. The number of rotatable bonds is 5. The number of hydrogen-bond donors (Lipinski definition) is 2. The van der Waals surface area contributed by atoms with Gasteiger partial charge in [0.05, 0.1) is 0 Å². The van der Waals surface area contributed by atoms with Gasteiger partial charge in [-0.05, 0) is 52.2 Å². The first-order valence-electron chi connectivity index (χ1n) is 8.24. The van der Waals surface area contributed by atoms with Crippen LogP contribution in [0.4, 0.5) is 0 Å². The summed E-state index contributed by atoms with van der Waals surface area (Å²) in [5.74, 6) is 0.880. The van der Waals surface area contributed by atoms with Crippen LogP contribution in [0.25, 0.3) is 0 Å². The molecule has 1 aliphatic heterocycles. The summed E-state index contributed by atoms with van der Waals surface area (Å²) in [7, 11) is 4.52. The van der Waals surface area contributed by atoms with Crippen LogP contribution in [0.2, 0.25) is 0 Å². The minimum atomic E-state index is 0.395. The van der Waals surface area contributed by atoms with Crippen LogP contribution in [0.3, 0.4) is 0 Å². The fourth-order valence-electron chi connectivity index (χ4n) is 3.93. The number of nitrogens with zero attached hydrogens (tertiary/aromatic N) is 1. The van der Waals surface area contributed by atoms with Crippen molar-refractivity contribution in [3.63, 3.8) is 0 Å². The zero-order chi connectivity index (χ0) is 13.7. The number of hydrogen-bond acceptors (Lipinski definition) is 3. The quantitative estimate of drug-likeness (QED) is 0.800. The molecular formula is C16H33N3. The molecule has 2 aliphatic rings. The van der Waals surface area contributed by atoms with Gasteiger partial charge in [-0.15, -0.1) is 0 Å². The maximum atomic E-state index is 3.76. The summed E-state index contributed by atoms with van der Waals surface area (Å²) >= 11 is 0. The van der Waals surface area contributed by atoms with Crippen LogP contribution < -0.4 is 10.6 Å². The lowest BCUT2D eigenvalue weighted by Gasteiger charge is -2.45. The predicted octanol–water partition coefficient (Wildman–Crippen LogP) is 2.23. The molecule has 0 aromatic rings. The Hall–Kier alpha value is -0.120. The molecule has 0 aromatic heterocycles. The first-order valence-corrected chi connectivity index (χ1v) is 8.24. The molecule has 1 saturated carbocycles. The number of likely N-dealkylation sites (N-methyl/N-ethyl adjacent to an activating group) is 1. The van der Waals surface area contributed by atoms with E-state index in [2.05, 4.69) is 36.6 Å². The second-order valence-electron chi connectivity index (χ2n) is 7.10. The lowest BCUT2D eigenvalue weighted by molar-refractivity contribution is 0.0745. The summed E-state index contributed by atoms with van der Waals surface area (Å²) in [6, 6.07) is 0.703. The molecule has 0 spiro atoms. The summed E-state index contributed by atoms with van der Waals surface area (Å²) in [6.07, 6.45) is 9.62. The maximum absolute atomic E-state index is 3.76. The largest absolute Gasteiger partial charge is 0.313 e. The van der Waals surface area contributed by atoms with E-state index in [1.165, 1.54) is 51.5 Å². The van der Waals surface area contributed by atoms with E-state index < -0.39 is 0 Å². The third-order valence-electron chi connectivity index (χ3n) is 5.27. The van der Waals surface area contributed by atoms with E-state index >= 15 is 0 Å². The van der Waals surface area contributed by atoms with Crippen molar-refractivity contribution in [2.24, 2.45) is 5.92 Å². The molecule has 0 radical (unpaired) electrons. The first-order chi connectivity index (χ1) is 9.12. The Morgan fingerprint density at radius 2 is 2.05 bits per heavy atom. The highest BCUT2D eigenvalue weighted by atomic mass is 15.2. The van der Waals surface area contributed by atoms with Gasteiger partial charge in [0.25, 0.3) is 0 Å².